The van der Waals surface area contributed by atoms with Crippen molar-refractivity contribution in [1.29, 1.82) is 0 Å². The van der Waals surface area contributed by atoms with Crippen molar-refractivity contribution in [2.24, 2.45) is 0 Å². The van der Waals surface area contributed by atoms with Crippen molar-refractivity contribution < 1.29 is 14.3 Å². The summed E-state index contributed by atoms with van der Waals surface area (Å²) in [6.07, 6.45) is 0.744. The highest BCUT2D eigenvalue weighted by Gasteiger charge is 2.51. The quantitative estimate of drug-likeness (QED) is 0.898. The van der Waals surface area contributed by atoms with E-state index in [0.717, 1.165) is 5.56 Å². The van der Waals surface area contributed by atoms with Crippen LogP contribution in [0.3, 0.4) is 0 Å². The molecule has 1 aliphatic carbocycles. The number of amides is 2. The van der Waals surface area contributed by atoms with Gasteiger partial charge in [-0.25, -0.2) is 4.79 Å². The molecule has 5 heteroatoms. The lowest BCUT2D eigenvalue weighted by Crippen LogP contribution is -2.50. The molecule has 22 heavy (non-hydrogen) atoms. The van der Waals surface area contributed by atoms with E-state index in [1.165, 1.54) is 5.56 Å². The van der Waals surface area contributed by atoms with Crippen LogP contribution in [0.5, 0.6) is 0 Å². The van der Waals surface area contributed by atoms with Gasteiger partial charge in [-0.1, -0.05) is 29.8 Å². The summed E-state index contributed by atoms with van der Waals surface area (Å²) in [6.45, 7) is 7.86. The normalized spacial score (nSPS) is 15.8. The standard InChI is InChI=1S/C17H24N2O3/c1-12-5-7-13(8-6-12)11-18-14(20)17(9-10-17)19-15(21)22-16(2,3)4/h5-8H,9-11H2,1-4H3,(H,18,20)(H,19,21). The number of carbonyl (C=O) groups excluding carboxylic acids is 2. The summed E-state index contributed by atoms with van der Waals surface area (Å²) in [6, 6.07) is 7.98. The zero-order valence-electron chi connectivity index (χ0n) is 13.7. The van der Waals surface area contributed by atoms with E-state index < -0.39 is 17.2 Å². The van der Waals surface area contributed by atoms with E-state index in [2.05, 4.69) is 10.6 Å². The van der Waals surface area contributed by atoms with Gasteiger partial charge in [-0.2, -0.15) is 0 Å². The Morgan fingerprint density at radius 1 is 1.18 bits per heavy atom. The van der Waals surface area contributed by atoms with Gasteiger partial charge in [0, 0.05) is 6.54 Å². The molecule has 1 aromatic rings. The molecule has 2 amide bonds. The summed E-state index contributed by atoms with van der Waals surface area (Å²) >= 11 is 0. The second-order valence-electron chi connectivity index (χ2n) is 6.88. The Morgan fingerprint density at radius 3 is 2.27 bits per heavy atom. The molecule has 0 atom stereocenters. The highest BCUT2D eigenvalue weighted by molar-refractivity contribution is 5.92. The maximum absolute atomic E-state index is 12.3. The van der Waals surface area contributed by atoms with Gasteiger partial charge in [0.15, 0.2) is 0 Å². The first-order valence-electron chi connectivity index (χ1n) is 7.55. The van der Waals surface area contributed by atoms with Crippen molar-refractivity contribution in [3.8, 4) is 0 Å². The number of alkyl carbamates (subject to hydrolysis) is 1. The van der Waals surface area contributed by atoms with Crippen LogP contribution < -0.4 is 10.6 Å². The largest absolute Gasteiger partial charge is 0.444 e. The first-order valence-corrected chi connectivity index (χ1v) is 7.55. The highest BCUT2D eigenvalue weighted by Crippen LogP contribution is 2.36. The van der Waals surface area contributed by atoms with Crippen molar-refractivity contribution in [1.82, 2.24) is 10.6 Å². The van der Waals surface area contributed by atoms with Gasteiger partial charge in [0.2, 0.25) is 5.91 Å². The Kier molecular flexibility index (Phi) is 4.44. The van der Waals surface area contributed by atoms with E-state index in [9.17, 15) is 9.59 Å². The predicted octanol–water partition coefficient (Wildman–Crippen LogP) is 2.67. The monoisotopic (exact) mass is 304 g/mol. The molecule has 0 aliphatic heterocycles. The molecule has 1 saturated carbocycles. The van der Waals surface area contributed by atoms with E-state index in [1.54, 1.807) is 20.8 Å². The molecule has 0 aromatic heterocycles. The van der Waals surface area contributed by atoms with Gasteiger partial charge < -0.3 is 15.4 Å². The molecule has 1 aliphatic rings. The minimum absolute atomic E-state index is 0.154. The lowest BCUT2D eigenvalue weighted by Gasteiger charge is -2.23. The molecule has 120 valence electrons. The van der Waals surface area contributed by atoms with Crippen molar-refractivity contribution in [3.05, 3.63) is 35.4 Å². The van der Waals surface area contributed by atoms with Crippen LogP contribution in [0.15, 0.2) is 24.3 Å². The fourth-order valence-corrected chi connectivity index (χ4v) is 2.09. The molecular formula is C17H24N2O3. The highest BCUT2D eigenvalue weighted by atomic mass is 16.6. The molecule has 0 saturated heterocycles. The van der Waals surface area contributed by atoms with Crippen molar-refractivity contribution >= 4 is 12.0 Å². The summed E-state index contributed by atoms with van der Waals surface area (Å²) in [4.78, 5) is 24.1. The maximum Gasteiger partial charge on any atom is 0.408 e. The van der Waals surface area contributed by atoms with E-state index in [1.807, 2.05) is 31.2 Å². The zero-order valence-corrected chi connectivity index (χ0v) is 13.7. The number of benzene rings is 1. The Balaban J connectivity index is 1.86. The number of hydrogen-bond acceptors (Lipinski definition) is 3. The van der Waals surface area contributed by atoms with Gasteiger partial charge >= 0.3 is 6.09 Å². The minimum atomic E-state index is -0.799. The fraction of sp³-hybridized carbons (Fsp3) is 0.529. The SMILES string of the molecule is Cc1ccc(CNC(=O)C2(NC(=O)OC(C)(C)C)CC2)cc1. The Morgan fingerprint density at radius 2 is 1.77 bits per heavy atom. The summed E-state index contributed by atoms with van der Waals surface area (Å²) in [7, 11) is 0. The van der Waals surface area contributed by atoms with Gasteiger partial charge in [0.25, 0.3) is 0 Å². The number of carbonyl (C=O) groups is 2. The van der Waals surface area contributed by atoms with Gasteiger partial charge in [-0.05, 0) is 46.1 Å². The molecule has 2 N–H and O–H groups in total. The number of aryl methyl sites for hydroxylation is 1. The topological polar surface area (TPSA) is 67.4 Å². The van der Waals surface area contributed by atoms with Gasteiger partial charge in [-0.3, -0.25) is 4.79 Å². The molecule has 1 aromatic carbocycles. The first-order chi connectivity index (χ1) is 10.2. The van der Waals surface area contributed by atoms with Crippen LogP contribution in [-0.2, 0) is 16.1 Å². The molecule has 0 radical (unpaired) electrons. The van der Waals surface area contributed by atoms with Crippen LogP contribution in [0.2, 0.25) is 0 Å². The minimum Gasteiger partial charge on any atom is -0.444 e. The molecule has 0 heterocycles. The number of rotatable bonds is 4. The Hall–Kier alpha value is -2.04. The van der Waals surface area contributed by atoms with Crippen LogP contribution >= 0.6 is 0 Å². The molecule has 1 fully saturated rings. The van der Waals surface area contributed by atoms with E-state index in [-0.39, 0.29) is 5.91 Å². The Bertz CT molecular complexity index is 554. The van der Waals surface area contributed by atoms with Gasteiger partial charge in [0.05, 0.1) is 0 Å². The summed E-state index contributed by atoms with van der Waals surface area (Å²) < 4.78 is 5.21. The third-order valence-electron chi connectivity index (χ3n) is 3.50. The fourth-order valence-electron chi connectivity index (χ4n) is 2.09. The van der Waals surface area contributed by atoms with Gasteiger partial charge in [-0.15, -0.1) is 0 Å². The van der Waals surface area contributed by atoms with Gasteiger partial charge in [0.1, 0.15) is 11.1 Å². The second-order valence-corrected chi connectivity index (χ2v) is 6.88. The van der Waals surface area contributed by atoms with Crippen LogP contribution in [0.25, 0.3) is 0 Å². The average Bonchev–Trinajstić information content (AvgIpc) is 3.16. The van der Waals surface area contributed by atoms with Crippen LogP contribution in [0.4, 0.5) is 4.79 Å². The lowest BCUT2D eigenvalue weighted by molar-refractivity contribution is -0.124. The maximum atomic E-state index is 12.3. The van der Waals surface area contributed by atoms with Crippen LogP contribution in [-0.4, -0.2) is 23.1 Å². The van der Waals surface area contributed by atoms with Crippen LogP contribution in [0, 0.1) is 6.92 Å². The molecule has 0 bridgehead atoms. The molecule has 0 unspecified atom stereocenters. The number of nitrogens with one attached hydrogen (secondary N) is 2. The zero-order chi connectivity index (χ0) is 16.4. The molecule has 0 spiro atoms. The third kappa shape index (κ3) is 4.48. The van der Waals surface area contributed by atoms with Crippen molar-refractivity contribution in [3.63, 3.8) is 0 Å². The average molecular weight is 304 g/mol. The van der Waals surface area contributed by atoms with E-state index >= 15 is 0 Å². The molecule has 5 nitrogen and oxygen atoms in total. The van der Waals surface area contributed by atoms with E-state index in [0.29, 0.717) is 19.4 Å². The summed E-state index contributed by atoms with van der Waals surface area (Å²) in [5, 5.41) is 5.58. The number of hydrogen-bond donors (Lipinski definition) is 2. The van der Waals surface area contributed by atoms with Crippen molar-refractivity contribution in [2.45, 2.75) is 58.2 Å². The number of ether oxygens (including phenoxy) is 1. The lowest BCUT2D eigenvalue weighted by atomic mass is 10.1. The summed E-state index contributed by atoms with van der Waals surface area (Å²) in [5.41, 5.74) is 0.846. The third-order valence-corrected chi connectivity index (χ3v) is 3.50. The van der Waals surface area contributed by atoms with Crippen molar-refractivity contribution in [2.75, 3.05) is 0 Å². The van der Waals surface area contributed by atoms with Crippen LogP contribution in [0.1, 0.15) is 44.7 Å². The predicted molar refractivity (Wildman–Crippen MR) is 84.4 cm³/mol. The molecular weight excluding hydrogens is 280 g/mol. The smallest absolute Gasteiger partial charge is 0.408 e. The second kappa shape index (κ2) is 5.99. The first kappa shape index (κ1) is 16.3. The summed E-state index contributed by atoms with van der Waals surface area (Å²) in [5.74, 6) is -0.154. The van der Waals surface area contributed by atoms with E-state index in [4.69, 9.17) is 4.74 Å². The Labute approximate surface area is 131 Å². The molecule has 2 rings (SSSR count).